The molecule has 0 radical (unpaired) electrons. The third-order valence-electron chi connectivity index (χ3n) is 14.1. The van der Waals surface area contributed by atoms with E-state index >= 15 is 0 Å². The van der Waals surface area contributed by atoms with Crippen molar-refractivity contribution >= 4 is 19.7 Å². The Labute approximate surface area is 453 Å². The minimum Gasteiger partial charge on any atom is -0.756 e. The minimum atomic E-state index is -4.70. The second-order valence-electron chi connectivity index (χ2n) is 22.6. The fourth-order valence-corrected chi connectivity index (χ4v) is 9.94. The third kappa shape index (κ3) is 54.8. The minimum absolute atomic E-state index is 0.0219. The molecule has 0 aliphatic carbocycles. The van der Waals surface area contributed by atoms with Crippen LogP contribution in [0.4, 0.5) is 0 Å². The second-order valence-corrected chi connectivity index (χ2v) is 24.0. The molecular weight excluding hydrogens is 928 g/mol. The normalized spacial score (nSPS) is 13.9. The molecule has 10 heteroatoms. The van der Waals surface area contributed by atoms with Gasteiger partial charge in [-0.3, -0.25) is 14.2 Å². The molecule has 3 atom stereocenters. The SMILES string of the molecule is CCCCC/C=C/C=C/CCCCCCCCC(=O)OC(/C=C/CCCCCCCCCCCCC)C(COP(=O)([O-])OCC[N+](C)(C)C)NC(=O)CCCCCCCCCCCCCCCCCCCCC. The van der Waals surface area contributed by atoms with Gasteiger partial charge in [0, 0.05) is 12.8 Å². The van der Waals surface area contributed by atoms with Crippen molar-refractivity contribution in [3.63, 3.8) is 0 Å². The highest BCUT2D eigenvalue weighted by Crippen LogP contribution is 2.38. The molecule has 0 rings (SSSR count). The van der Waals surface area contributed by atoms with Gasteiger partial charge in [0.1, 0.15) is 19.3 Å². The number of hydrogen-bond acceptors (Lipinski definition) is 7. The Kier molecular flexibility index (Phi) is 52.3. The van der Waals surface area contributed by atoms with Gasteiger partial charge in [-0.2, -0.15) is 0 Å². The molecule has 3 unspecified atom stereocenters. The van der Waals surface area contributed by atoms with Crippen molar-refractivity contribution in [1.82, 2.24) is 5.32 Å². The van der Waals surface area contributed by atoms with E-state index in [-0.39, 0.29) is 31.5 Å². The molecule has 9 nitrogen and oxygen atoms in total. The summed E-state index contributed by atoms with van der Waals surface area (Å²) in [4.78, 5) is 40.0. The Morgan fingerprint density at radius 2 is 0.822 bits per heavy atom. The quantitative estimate of drug-likeness (QED) is 0.0161. The van der Waals surface area contributed by atoms with Crippen molar-refractivity contribution in [3.8, 4) is 0 Å². The molecule has 430 valence electrons. The van der Waals surface area contributed by atoms with Crippen molar-refractivity contribution in [2.45, 2.75) is 315 Å². The first kappa shape index (κ1) is 71.2. The number of carbonyl (C=O) groups is 2. The van der Waals surface area contributed by atoms with Crippen molar-refractivity contribution in [2.24, 2.45) is 0 Å². The standard InChI is InChI=1S/C63H121N2O7P/c1-7-10-13-16-19-22-25-28-30-31-32-33-35-37-40-43-46-49-52-55-62(66)64-60(59-71-73(68,69)70-58-57-65(4,5)6)61(54-51-48-45-42-39-36-27-24-21-18-15-12-9-3)72-63(67)56-53-50-47-44-41-38-34-29-26-23-20-17-14-11-8-2/h20,23,26,29,51,54,60-61H,7-19,21-22,24-25,27-28,30-50,52-53,55-59H2,1-6H3,(H-,64,66,68,69)/b23-20+,29-26+,54-51+. The van der Waals surface area contributed by atoms with Gasteiger partial charge >= 0.3 is 5.97 Å². The van der Waals surface area contributed by atoms with E-state index in [0.717, 1.165) is 77.0 Å². The van der Waals surface area contributed by atoms with Crippen LogP contribution in [0.25, 0.3) is 0 Å². The number of phosphoric acid groups is 1. The summed E-state index contributed by atoms with van der Waals surface area (Å²) in [7, 11) is 1.19. The Morgan fingerprint density at radius 1 is 0.479 bits per heavy atom. The molecule has 0 bridgehead atoms. The lowest BCUT2D eigenvalue weighted by Gasteiger charge is -2.30. The zero-order valence-electron chi connectivity index (χ0n) is 49.1. The summed E-state index contributed by atoms with van der Waals surface area (Å²) >= 11 is 0. The summed E-state index contributed by atoms with van der Waals surface area (Å²) < 4.78 is 30.3. The first-order valence-corrected chi connectivity index (χ1v) is 32.8. The summed E-state index contributed by atoms with van der Waals surface area (Å²) in [5.74, 6) is -0.541. The van der Waals surface area contributed by atoms with Crippen LogP contribution in [0, 0.1) is 0 Å². The van der Waals surface area contributed by atoms with Crippen LogP contribution in [0.1, 0.15) is 303 Å². The summed E-state index contributed by atoms with van der Waals surface area (Å²) in [6, 6.07) is -0.889. The lowest BCUT2D eigenvalue weighted by atomic mass is 10.0. The average Bonchev–Trinajstić information content (AvgIpc) is 3.35. The summed E-state index contributed by atoms with van der Waals surface area (Å²) in [6.45, 7) is 6.84. The molecule has 0 spiro atoms. The number of esters is 1. The highest BCUT2D eigenvalue weighted by molar-refractivity contribution is 7.45. The fraction of sp³-hybridized carbons (Fsp3) is 0.873. The Bertz CT molecular complexity index is 1350. The predicted octanol–water partition coefficient (Wildman–Crippen LogP) is 18.5. The number of quaternary nitrogens is 1. The first-order chi connectivity index (χ1) is 35.4. The molecule has 0 saturated carbocycles. The molecule has 0 heterocycles. The van der Waals surface area contributed by atoms with Gasteiger partial charge in [0.2, 0.25) is 5.91 Å². The molecular formula is C63H121N2O7P. The highest BCUT2D eigenvalue weighted by Gasteiger charge is 2.27. The van der Waals surface area contributed by atoms with Gasteiger partial charge < -0.3 is 28.5 Å². The molecule has 0 aromatic heterocycles. The van der Waals surface area contributed by atoms with Gasteiger partial charge in [-0.1, -0.05) is 269 Å². The topological polar surface area (TPSA) is 114 Å². The summed E-state index contributed by atoms with van der Waals surface area (Å²) in [5, 5.41) is 3.03. The number of rotatable bonds is 57. The highest BCUT2D eigenvalue weighted by atomic mass is 31.2. The molecule has 0 aromatic rings. The number of likely N-dealkylation sites (N-methyl/N-ethyl adjacent to an activating group) is 1. The van der Waals surface area contributed by atoms with Gasteiger partial charge in [-0.15, -0.1) is 0 Å². The lowest BCUT2D eigenvalue weighted by molar-refractivity contribution is -0.870. The Balaban J connectivity index is 5.26. The first-order valence-electron chi connectivity index (χ1n) is 31.3. The van der Waals surface area contributed by atoms with Crippen LogP contribution in [-0.4, -0.2) is 69.4 Å². The number of carbonyl (C=O) groups excluding carboxylic acids is 2. The molecule has 1 N–H and O–H groups in total. The number of unbranched alkanes of at least 4 members (excludes halogenated alkanes) is 38. The second kappa shape index (κ2) is 53.6. The smallest absolute Gasteiger partial charge is 0.306 e. The number of nitrogens with zero attached hydrogens (tertiary/aromatic N) is 1. The zero-order chi connectivity index (χ0) is 53.6. The molecule has 0 aliphatic heterocycles. The van der Waals surface area contributed by atoms with Crippen molar-refractivity contribution in [2.75, 3.05) is 40.9 Å². The molecule has 0 saturated heterocycles. The van der Waals surface area contributed by atoms with E-state index in [9.17, 15) is 19.0 Å². The molecule has 0 aromatic carbocycles. The van der Waals surface area contributed by atoms with Crippen LogP contribution < -0.4 is 10.2 Å². The lowest BCUT2D eigenvalue weighted by Crippen LogP contribution is -2.47. The molecule has 1 amide bonds. The maximum absolute atomic E-state index is 13.5. The van der Waals surface area contributed by atoms with Crippen LogP contribution in [-0.2, 0) is 27.9 Å². The average molecular weight is 1050 g/mol. The van der Waals surface area contributed by atoms with Crippen LogP contribution >= 0.6 is 7.82 Å². The number of allylic oxidation sites excluding steroid dienone is 5. The maximum Gasteiger partial charge on any atom is 0.306 e. The van der Waals surface area contributed by atoms with E-state index in [2.05, 4.69) is 50.4 Å². The maximum atomic E-state index is 13.5. The van der Waals surface area contributed by atoms with E-state index in [1.807, 2.05) is 33.3 Å². The number of ether oxygens (including phenoxy) is 1. The zero-order valence-corrected chi connectivity index (χ0v) is 50.0. The van der Waals surface area contributed by atoms with Gasteiger partial charge in [0.05, 0.1) is 33.8 Å². The van der Waals surface area contributed by atoms with Crippen molar-refractivity contribution < 1.29 is 37.3 Å². The number of phosphoric ester groups is 1. The largest absolute Gasteiger partial charge is 0.756 e. The van der Waals surface area contributed by atoms with Crippen LogP contribution in [0.2, 0.25) is 0 Å². The van der Waals surface area contributed by atoms with Gasteiger partial charge in [-0.05, 0) is 57.4 Å². The van der Waals surface area contributed by atoms with Gasteiger partial charge in [0.15, 0.2) is 0 Å². The molecule has 0 fully saturated rings. The number of hydrogen-bond donors (Lipinski definition) is 1. The number of amides is 1. The van der Waals surface area contributed by atoms with E-state index < -0.39 is 20.0 Å². The van der Waals surface area contributed by atoms with Crippen molar-refractivity contribution in [3.05, 3.63) is 36.5 Å². The fourth-order valence-electron chi connectivity index (χ4n) is 9.22. The summed E-state index contributed by atoms with van der Waals surface area (Å²) in [5.41, 5.74) is 0. The Morgan fingerprint density at radius 3 is 1.23 bits per heavy atom. The van der Waals surface area contributed by atoms with Gasteiger partial charge in [-0.25, -0.2) is 0 Å². The van der Waals surface area contributed by atoms with Crippen LogP contribution in [0.5, 0.6) is 0 Å². The molecule has 73 heavy (non-hydrogen) atoms. The van der Waals surface area contributed by atoms with E-state index in [1.165, 1.54) is 193 Å². The van der Waals surface area contributed by atoms with Crippen molar-refractivity contribution in [1.29, 1.82) is 0 Å². The van der Waals surface area contributed by atoms with E-state index in [1.54, 1.807) is 0 Å². The monoisotopic (exact) mass is 1050 g/mol. The van der Waals surface area contributed by atoms with Gasteiger partial charge in [0.25, 0.3) is 7.82 Å². The van der Waals surface area contributed by atoms with E-state index in [4.69, 9.17) is 13.8 Å². The predicted molar refractivity (Wildman–Crippen MR) is 312 cm³/mol. The van der Waals surface area contributed by atoms with Crippen LogP contribution in [0.3, 0.4) is 0 Å². The van der Waals surface area contributed by atoms with Crippen LogP contribution in [0.15, 0.2) is 36.5 Å². The number of nitrogens with one attached hydrogen (secondary N) is 1. The molecule has 0 aliphatic rings. The third-order valence-corrected chi connectivity index (χ3v) is 15.1. The Hall–Kier alpha value is -1.77. The summed E-state index contributed by atoms with van der Waals surface area (Å²) in [6.07, 6.45) is 63.9. The van der Waals surface area contributed by atoms with E-state index in [0.29, 0.717) is 17.4 Å².